The van der Waals surface area contributed by atoms with E-state index < -0.39 is 0 Å². The second kappa shape index (κ2) is 4.84. The monoisotopic (exact) mass is 184 g/mol. The van der Waals surface area contributed by atoms with Gasteiger partial charge in [-0.25, -0.2) is 4.79 Å². The maximum atomic E-state index is 11.3. The van der Waals surface area contributed by atoms with Crippen LogP contribution in [0.3, 0.4) is 0 Å². The fraction of sp³-hybridized carbons (Fsp3) is 0.778. The van der Waals surface area contributed by atoms with Crippen LogP contribution in [0.1, 0.15) is 19.8 Å². The first-order valence-electron chi connectivity index (χ1n) is 4.64. The van der Waals surface area contributed by atoms with Crippen molar-refractivity contribution < 1.29 is 9.53 Å². The first-order valence-corrected chi connectivity index (χ1v) is 4.64. The second-order valence-electron chi connectivity index (χ2n) is 3.45. The van der Waals surface area contributed by atoms with E-state index in [4.69, 9.17) is 10.1 Å². The number of hydrogen-bond donors (Lipinski definition) is 1. The van der Waals surface area contributed by atoms with E-state index >= 15 is 0 Å². The van der Waals surface area contributed by atoms with Crippen molar-refractivity contribution in [2.75, 3.05) is 19.7 Å². The van der Waals surface area contributed by atoms with Crippen molar-refractivity contribution in [3.8, 4) is 0 Å². The minimum absolute atomic E-state index is 0.0882. The topological polar surface area (TPSA) is 53.4 Å². The lowest BCUT2D eigenvalue weighted by molar-refractivity contribution is 0.101. The number of ether oxygens (including phenoxy) is 1. The lowest BCUT2D eigenvalue weighted by Crippen LogP contribution is -2.38. The molecule has 4 nitrogen and oxygen atoms in total. The third-order valence-corrected chi connectivity index (χ3v) is 2.33. The van der Waals surface area contributed by atoms with Gasteiger partial charge in [-0.1, -0.05) is 6.92 Å². The molecule has 0 aromatic heterocycles. The Morgan fingerprint density at radius 3 is 2.77 bits per heavy atom. The highest BCUT2D eigenvalue weighted by molar-refractivity contribution is 5.70. The van der Waals surface area contributed by atoms with E-state index in [2.05, 4.69) is 6.92 Å². The van der Waals surface area contributed by atoms with Gasteiger partial charge in [0.15, 0.2) is 0 Å². The number of carbonyl (C=O) groups excluding carboxylic acids is 1. The van der Waals surface area contributed by atoms with E-state index in [0.29, 0.717) is 5.92 Å². The molecule has 4 heteroatoms. The zero-order valence-electron chi connectivity index (χ0n) is 7.95. The molecule has 0 aromatic carbocycles. The third kappa shape index (κ3) is 3.05. The van der Waals surface area contributed by atoms with E-state index in [9.17, 15) is 4.79 Å². The van der Waals surface area contributed by atoms with Gasteiger partial charge < -0.3 is 15.0 Å². The average Bonchev–Trinajstić information content (AvgIpc) is 2.15. The van der Waals surface area contributed by atoms with Crippen LogP contribution in [-0.2, 0) is 4.74 Å². The molecule has 1 fully saturated rings. The summed E-state index contributed by atoms with van der Waals surface area (Å²) >= 11 is 0. The quantitative estimate of drug-likeness (QED) is 0.661. The van der Waals surface area contributed by atoms with Crippen LogP contribution in [0.2, 0.25) is 0 Å². The Labute approximate surface area is 78.4 Å². The lowest BCUT2D eigenvalue weighted by atomic mass is 10.00. The SMILES string of the molecule is CC1CCN(C(=O)OCC=N)CC1. The van der Waals surface area contributed by atoms with Crippen molar-refractivity contribution in [1.82, 2.24) is 4.90 Å². The van der Waals surface area contributed by atoms with Crippen LogP contribution in [0.4, 0.5) is 4.79 Å². The van der Waals surface area contributed by atoms with Crippen molar-refractivity contribution in [1.29, 1.82) is 5.41 Å². The molecule has 0 saturated carbocycles. The Morgan fingerprint density at radius 2 is 2.23 bits per heavy atom. The Balaban J connectivity index is 2.27. The van der Waals surface area contributed by atoms with Gasteiger partial charge in [-0.15, -0.1) is 0 Å². The highest BCUT2D eigenvalue weighted by Gasteiger charge is 2.20. The molecule has 0 radical (unpaired) electrons. The number of carbonyl (C=O) groups is 1. The largest absolute Gasteiger partial charge is 0.444 e. The normalized spacial score (nSPS) is 18.4. The van der Waals surface area contributed by atoms with Gasteiger partial charge in [0.05, 0.1) is 0 Å². The molecule has 1 heterocycles. The Morgan fingerprint density at radius 1 is 1.62 bits per heavy atom. The van der Waals surface area contributed by atoms with Crippen molar-refractivity contribution in [3.63, 3.8) is 0 Å². The number of likely N-dealkylation sites (tertiary alicyclic amines) is 1. The summed E-state index contributed by atoms with van der Waals surface area (Å²) in [6, 6.07) is 0. The summed E-state index contributed by atoms with van der Waals surface area (Å²) in [5.74, 6) is 0.715. The minimum Gasteiger partial charge on any atom is -0.444 e. The van der Waals surface area contributed by atoms with Crippen molar-refractivity contribution in [2.45, 2.75) is 19.8 Å². The highest BCUT2D eigenvalue weighted by Crippen LogP contribution is 2.16. The van der Waals surface area contributed by atoms with Gasteiger partial charge in [0.25, 0.3) is 0 Å². The molecule has 0 atom stereocenters. The van der Waals surface area contributed by atoms with Crippen LogP contribution in [-0.4, -0.2) is 36.9 Å². The van der Waals surface area contributed by atoms with E-state index in [1.54, 1.807) is 4.90 Å². The molecule has 74 valence electrons. The van der Waals surface area contributed by atoms with Gasteiger partial charge in [-0.3, -0.25) is 0 Å². The molecule has 1 N–H and O–H groups in total. The number of amides is 1. The first kappa shape index (κ1) is 10.0. The van der Waals surface area contributed by atoms with Crippen LogP contribution in [0.5, 0.6) is 0 Å². The summed E-state index contributed by atoms with van der Waals surface area (Å²) < 4.78 is 4.81. The smallest absolute Gasteiger partial charge is 0.410 e. The number of nitrogens with one attached hydrogen (secondary N) is 1. The third-order valence-electron chi connectivity index (χ3n) is 2.33. The maximum absolute atomic E-state index is 11.3. The van der Waals surface area contributed by atoms with Crippen LogP contribution >= 0.6 is 0 Å². The van der Waals surface area contributed by atoms with Gasteiger partial charge in [0.1, 0.15) is 6.61 Å². The molecular formula is C9H16N2O2. The molecular weight excluding hydrogens is 168 g/mol. The van der Waals surface area contributed by atoms with Crippen LogP contribution < -0.4 is 0 Å². The Hall–Kier alpha value is -1.06. The van der Waals surface area contributed by atoms with E-state index in [-0.39, 0.29) is 12.7 Å². The summed E-state index contributed by atoms with van der Waals surface area (Å²) in [5, 5.41) is 6.72. The van der Waals surface area contributed by atoms with Gasteiger partial charge in [-0.05, 0) is 18.8 Å². The summed E-state index contributed by atoms with van der Waals surface area (Å²) in [6.07, 6.45) is 2.92. The molecule has 1 saturated heterocycles. The van der Waals surface area contributed by atoms with Gasteiger partial charge in [0.2, 0.25) is 0 Å². The molecule has 13 heavy (non-hydrogen) atoms. The molecule has 0 unspecified atom stereocenters. The van der Waals surface area contributed by atoms with Gasteiger partial charge >= 0.3 is 6.09 Å². The van der Waals surface area contributed by atoms with Gasteiger partial charge in [-0.2, -0.15) is 0 Å². The van der Waals surface area contributed by atoms with Crippen molar-refractivity contribution in [3.05, 3.63) is 0 Å². The summed E-state index contributed by atoms with van der Waals surface area (Å²) in [5.41, 5.74) is 0. The first-order chi connectivity index (χ1) is 6.24. The molecule has 1 amide bonds. The Kier molecular flexibility index (Phi) is 3.73. The van der Waals surface area contributed by atoms with Crippen LogP contribution in [0.25, 0.3) is 0 Å². The zero-order valence-corrected chi connectivity index (χ0v) is 7.95. The molecule has 0 bridgehead atoms. The molecule has 0 aromatic rings. The number of hydrogen-bond acceptors (Lipinski definition) is 3. The van der Waals surface area contributed by atoms with E-state index in [0.717, 1.165) is 32.1 Å². The maximum Gasteiger partial charge on any atom is 0.410 e. The summed E-state index contributed by atoms with van der Waals surface area (Å²) in [7, 11) is 0. The van der Waals surface area contributed by atoms with Crippen molar-refractivity contribution >= 4 is 12.3 Å². The summed E-state index contributed by atoms with van der Waals surface area (Å²) in [4.78, 5) is 13.0. The highest BCUT2D eigenvalue weighted by atomic mass is 16.6. The minimum atomic E-state index is -0.282. The molecule has 0 spiro atoms. The van der Waals surface area contributed by atoms with Gasteiger partial charge in [0, 0.05) is 19.3 Å². The molecule has 0 aliphatic carbocycles. The number of piperidine rings is 1. The lowest BCUT2D eigenvalue weighted by Gasteiger charge is -2.29. The predicted molar refractivity (Wildman–Crippen MR) is 50.1 cm³/mol. The van der Waals surface area contributed by atoms with Crippen molar-refractivity contribution in [2.24, 2.45) is 5.92 Å². The molecule has 1 rings (SSSR count). The standard InChI is InChI=1S/C9H16N2O2/c1-8-2-5-11(6-3-8)9(12)13-7-4-10/h4,8,10H,2-3,5-7H2,1H3. The van der Waals surface area contributed by atoms with Crippen LogP contribution in [0.15, 0.2) is 0 Å². The fourth-order valence-corrected chi connectivity index (χ4v) is 1.40. The predicted octanol–water partition coefficient (Wildman–Crippen LogP) is 1.50. The zero-order chi connectivity index (χ0) is 9.68. The number of nitrogens with zero attached hydrogens (tertiary/aromatic N) is 1. The average molecular weight is 184 g/mol. The summed E-state index contributed by atoms with van der Waals surface area (Å²) in [6.45, 7) is 3.86. The van der Waals surface area contributed by atoms with E-state index in [1.165, 1.54) is 0 Å². The van der Waals surface area contributed by atoms with E-state index in [1.807, 2.05) is 0 Å². The van der Waals surface area contributed by atoms with Crippen LogP contribution in [0, 0.1) is 11.3 Å². The second-order valence-corrected chi connectivity index (χ2v) is 3.45. The molecule has 1 aliphatic rings. The fourth-order valence-electron chi connectivity index (χ4n) is 1.40. The molecule has 1 aliphatic heterocycles. The Bertz CT molecular complexity index is 186. The number of rotatable bonds is 2.